The van der Waals surface area contributed by atoms with Crippen LogP contribution in [0.15, 0.2) is 4.99 Å². The van der Waals surface area contributed by atoms with Crippen LogP contribution in [0.25, 0.3) is 0 Å². The molecule has 0 bridgehead atoms. The smallest absolute Gasteiger partial charge is 0.193 e. The topological polar surface area (TPSA) is 43.3 Å². The van der Waals surface area contributed by atoms with Crippen molar-refractivity contribution in [3.63, 3.8) is 0 Å². The fraction of sp³-hybridized carbons (Fsp3) is 0.955. The van der Waals surface area contributed by atoms with Crippen molar-refractivity contribution >= 4 is 29.9 Å². The molecule has 2 atom stereocenters. The van der Waals surface area contributed by atoms with E-state index in [1.54, 1.807) is 0 Å². The van der Waals surface area contributed by atoms with Gasteiger partial charge in [-0.05, 0) is 44.6 Å². The summed E-state index contributed by atoms with van der Waals surface area (Å²) in [5, 5.41) is 3.74. The number of ether oxygens (including phenoxy) is 1. The third kappa shape index (κ3) is 6.43. The third-order valence-electron chi connectivity index (χ3n) is 7.45. The Morgan fingerprint density at radius 2 is 1.76 bits per heavy atom. The zero-order valence-electron chi connectivity index (χ0n) is 18.4. The molecule has 0 aromatic rings. The molecule has 1 aliphatic carbocycles. The highest BCUT2D eigenvalue weighted by molar-refractivity contribution is 14.0. The number of hydrogen-bond acceptors (Lipinski definition) is 4. The first-order valence-electron chi connectivity index (χ1n) is 11.8. The number of likely N-dealkylation sites (tertiary alicyclic amines) is 2. The number of guanidine groups is 1. The van der Waals surface area contributed by atoms with E-state index in [0.29, 0.717) is 12.1 Å². The van der Waals surface area contributed by atoms with Gasteiger partial charge in [0.05, 0.1) is 13.2 Å². The highest BCUT2D eigenvalue weighted by Crippen LogP contribution is 2.27. The van der Waals surface area contributed by atoms with Gasteiger partial charge < -0.3 is 15.0 Å². The number of halogens is 1. The number of morpholine rings is 1. The molecule has 0 radical (unpaired) electrons. The van der Waals surface area contributed by atoms with Crippen molar-refractivity contribution in [1.82, 2.24) is 20.0 Å². The molecule has 4 rings (SSSR count). The highest BCUT2D eigenvalue weighted by Gasteiger charge is 2.31. The normalized spacial score (nSPS) is 30.5. The van der Waals surface area contributed by atoms with Gasteiger partial charge in [0.15, 0.2) is 5.96 Å². The number of nitrogens with zero attached hydrogens (tertiary/aromatic N) is 4. The molecule has 4 fully saturated rings. The van der Waals surface area contributed by atoms with E-state index in [9.17, 15) is 0 Å². The maximum absolute atomic E-state index is 5.52. The zero-order valence-corrected chi connectivity index (χ0v) is 20.7. The molecule has 0 spiro atoms. The van der Waals surface area contributed by atoms with Gasteiger partial charge >= 0.3 is 0 Å². The molecule has 0 aromatic carbocycles. The molecular formula is C22H42IN5O. The molecule has 0 aromatic heterocycles. The van der Waals surface area contributed by atoms with Crippen LogP contribution in [-0.2, 0) is 4.74 Å². The van der Waals surface area contributed by atoms with Crippen molar-refractivity contribution in [2.75, 3.05) is 66.1 Å². The summed E-state index contributed by atoms with van der Waals surface area (Å²) in [7, 11) is 1.94. The van der Waals surface area contributed by atoms with Crippen molar-refractivity contribution in [3.8, 4) is 0 Å². The van der Waals surface area contributed by atoms with E-state index in [1.165, 1.54) is 64.5 Å². The molecule has 0 amide bonds. The fourth-order valence-corrected chi connectivity index (χ4v) is 5.78. The fourth-order valence-electron chi connectivity index (χ4n) is 5.78. The Labute approximate surface area is 194 Å². The van der Waals surface area contributed by atoms with Crippen LogP contribution >= 0.6 is 24.0 Å². The zero-order chi connectivity index (χ0) is 19.2. The average Bonchev–Trinajstić information content (AvgIpc) is 3.40. The van der Waals surface area contributed by atoms with Crippen LogP contribution in [0.2, 0.25) is 0 Å². The summed E-state index contributed by atoms with van der Waals surface area (Å²) in [6, 6.07) is 1.35. The van der Waals surface area contributed by atoms with E-state index in [4.69, 9.17) is 4.74 Å². The molecule has 168 valence electrons. The van der Waals surface area contributed by atoms with Crippen LogP contribution in [0.3, 0.4) is 0 Å². The minimum atomic E-state index is 0. The molecule has 1 N–H and O–H groups in total. The van der Waals surface area contributed by atoms with Gasteiger partial charge in [-0.1, -0.05) is 19.3 Å². The molecule has 1 saturated carbocycles. The second kappa shape index (κ2) is 12.1. The van der Waals surface area contributed by atoms with Crippen LogP contribution in [0.1, 0.15) is 51.4 Å². The van der Waals surface area contributed by atoms with Crippen molar-refractivity contribution in [1.29, 1.82) is 0 Å². The van der Waals surface area contributed by atoms with E-state index in [-0.39, 0.29) is 24.0 Å². The van der Waals surface area contributed by atoms with Crippen LogP contribution in [0.5, 0.6) is 0 Å². The van der Waals surface area contributed by atoms with E-state index < -0.39 is 0 Å². The molecule has 6 nitrogen and oxygen atoms in total. The van der Waals surface area contributed by atoms with Crippen LogP contribution < -0.4 is 5.32 Å². The van der Waals surface area contributed by atoms with E-state index in [1.807, 2.05) is 7.05 Å². The monoisotopic (exact) mass is 519 g/mol. The Kier molecular flexibility index (Phi) is 9.78. The van der Waals surface area contributed by atoms with Gasteiger partial charge in [-0.3, -0.25) is 14.8 Å². The van der Waals surface area contributed by atoms with Crippen molar-refractivity contribution in [2.24, 2.45) is 10.9 Å². The summed E-state index contributed by atoms with van der Waals surface area (Å²) in [5.41, 5.74) is 0. The lowest BCUT2D eigenvalue weighted by Gasteiger charge is -2.33. The Balaban J connectivity index is 0.00000240. The quantitative estimate of drug-likeness (QED) is 0.344. The van der Waals surface area contributed by atoms with Crippen LogP contribution in [0.4, 0.5) is 0 Å². The summed E-state index contributed by atoms with van der Waals surface area (Å²) >= 11 is 0. The molecule has 4 aliphatic rings. The predicted molar refractivity (Wildman–Crippen MR) is 130 cm³/mol. The minimum Gasteiger partial charge on any atom is -0.379 e. The van der Waals surface area contributed by atoms with Gasteiger partial charge in [0.1, 0.15) is 0 Å². The second-order valence-corrected chi connectivity index (χ2v) is 9.26. The van der Waals surface area contributed by atoms with E-state index in [2.05, 4.69) is 25.0 Å². The summed E-state index contributed by atoms with van der Waals surface area (Å²) in [5.74, 6) is 2.06. The third-order valence-corrected chi connectivity index (χ3v) is 7.45. The van der Waals surface area contributed by atoms with Crippen molar-refractivity contribution in [3.05, 3.63) is 0 Å². The Morgan fingerprint density at radius 3 is 2.52 bits per heavy atom. The lowest BCUT2D eigenvalue weighted by Crippen LogP contribution is -2.49. The lowest BCUT2D eigenvalue weighted by molar-refractivity contribution is 0.0194. The maximum atomic E-state index is 5.52. The van der Waals surface area contributed by atoms with Gasteiger partial charge in [0.2, 0.25) is 0 Å². The first-order chi connectivity index (χ1) is 13.8. The van der Waals surface area contributed by atoms with Gasteiger partial charge in [-0.2, -0.15) is 0 Å². The van der Waals surface area contributed by atoms with Crippen LogP contribution in [-0.4, -0.2) is 98.8 Å². The summed E-state index contributed by atoms with van der Waals surface area (Å²) in [6.07, 6.45) is 11.2. The second-order valence-electron chi connectivity index (χ2n) is 9.26. The molecule has 29 heavy (non-hydrogen) atoms. The number of rotatable bonds is 5. The minimum absolute atomic E-state index is 0. The molecule has 2 unspecified atom stereocenters. The first-order valence-corrected chi connectivity index (χ1v) is 11.8. The predicted octanol–water partition coefficient (Wildman–Crippen LogP) is 2.63. The molecule has 3 heterocycles. The Hall–Kier alpha value is -0.120. The largest absolute Gasteiger partial charge is 0.379 e. The van der Waals surface area contributed by atoms with Crippen molar-refractivity contribution < 1.29 is 4.74 Å². The number of nitrogens with one attached hydrogen (secondary N) is 1. The van der Waals surface area contributed by atoms with E-state index >= 15 is 0 Å². The first kappa shape index (κ1) is 23.5. The number of aliphatic imine (C=N–C) groups is 1. The van der Waals surface area contributed by atoms with Gasteiger partial charge in [0, 0.05) is 58.4 Å². The van der Waals surface area contributed by atoms with Crippen molar-refractivity contribution in [2.45, 2.75) is 63.5 Å². The Bertz CT molecular complexity index is 507. The molecule has 3 saturated heterocycles. The SMILES string of the molecule is CN=C(NCC1CCCN1CC1CCCCC1)N1CCC(N2CCOCC2)C1.I. The van der Waals surface area contributed by atoms with Crippen LogP contribution in [0, 0.1) is 5.92 Å². The molecule has 3 aliphatic heterocycles. The van der Waals surface area contributed by atoms with Gasteiger partial charge in [0.25, 0.3) is 0 Å². The summed E-state index contributed by atoms with van der Waals surface area (Å²) in [6.45, 7) is 9.86. The average molecular weight is 520 g/mol. The molecule has 7 heteroatoms. The number of hydrogen-bond donors (Lipinski definition) is 1. The Morgan fingerprint density at radius 1 is 0.966 bits per heavy atom. The van der Waals surface area contributed by atoms with Gasteiger partial charge in [-0.15, -0.1) is 24.0 Å². The summed E-state index contributed by atoms with van der Waals surface area (Å²) < 4.78 is 5.52. The standard InChI is InChI=1S/C22H41N5O.HI/c1-23-22(27-11-9-21(18-27)25-12-14-28-15-13-25)24-16-20-8-5-10-26(20)17-19-6-3-2-4-7-19;/h19-21H,2-18H2,1H3,(H,23,24);1H. The van der Waals surface area contributed by atoms with Gasteiger partial charge in [-0.25, -0.2) is 0 Å². The summed E-state index contributed by atoms with van der Waals surface area (Å²) in [4.78, 5) is 12.5. The maximum Gasteiger partial charge on any atom is 0.193 e. The lowest BCUT2D eigenvalue weighted by atomic mass is 9.89. The highest BCUT2D eigenvalue weighted by atomic mass is 127. The molecular weight excluding hydrogens is 477 g/mol. The van der Waals surface area contributed by atoms with E-state index in [0.717, 1.165) is 57.8 Å².